The van der Waals surface area contributed by atoms with Crippen molar-refractivity contribution in [2.75, 3.05) is 6.61 Å². The number of nitrogens with one attached hydrogen (secondary N) is 1. The minimum absolute atomic E-state index is 0.268. The number of fused-ring (bicyclic) bond motifs is 1. The van der Waals surface area contributed by atoms with Gasteiger partial charge in [0.05, 0.1) is 0 Å². The lowest BCUT2D eigenvalue weighted by Crippen LogP contribution is -2.37. The lowest BCUT2D eigenvalue weighted by molar-refractivity contribution is 0.232. The molecule has 0 fully saturated rings. The minimum Gasteiger partial charge on any atom is -0.396 e. The zero-order valence-electron chi connectivity index (χ0n) is 12.2. The van der Waals surface area contributed by atoms with E-state index in [0.29, 0.717) is 18.0 Å². The number of aryl methyl sites for hydroxylation is 1. The summed E-state index contributed by atoms with van der Waals surface area (Å²) in [5, 5.41) is 13.0. The summed E-state index contributed by atoms with van der Waals surface area (Å²) in [5.41, 5.74) is 2.98. The highest BCUT2D eigenvalue weighted by molar-refractivity contribution is 5.31. The van der Waals surface area contributed by atoms with Gasteiger partial charge >= 0.3 is 0 Å². The Hall–Kier alpha value is -0.860. The fourth-order valence-electron chi connectivity index (χ4n) is 3.10. The fourth-order valence-corrected chi connectivity index (χ4v) is 3.10. The Kier molecular flexibility index (Phi) is 5.41. The SMILES string of the molecule is CC(C)C(CCO)NC1CCCCc2ccccc21. The van der Waals surface area contributed by atoms with Gasteiger partial charge in [-0.1, -0.05) is 44.5 Å². The standard InChI is InChI=1S/C17H27NO/c1-13(2)16(11-12-19)18-17-10-6-4-8-14-7-3-5-9-15(14)17/h3,5,7,9,13,16-19H,4,6,8,10-12H2,1-2H3. The van der Waals surface area contributed by atoms with Crippen molar-refractivity contribution in [1.29, 1.82) is 0 Å². The van der Waals surface area contributed by atoms with Gasteiger partial charge in [-0.2, -0.15) is 0 Å². The number of benzene rings is 1. The van der Waals surface area contributed by atoms with Crippen LogP contribution in [0.5, 0.6) is 0 Å². The Morgan fingerprint density at radius 2 is 2.05 bits per heavy atom. The normalized spacial score (nSPS) is 20.9. The third-order valence-corrected chi connectivity index (χ3v) is 4.28. The van der Waals surface area contributed by atoms with Crippen LogP contribution in [0.2, 0.25) is 0 Å². The van der Waals surface area contributed by atoms with E-state index >= 15 is 0 Å². The topological polar surface area (TPSA) is 32.3 Å². The first-order chi connectivity index (χ1) is 9.22. The summed E-state index contributed by atoms with van der Waals surface area (Å²) in [7, 11) is 0. The molecule has 0 saturated heterocycles. The summed E-state index contributed by atoms with van der Waals surface area (Å²) < 4.78 is 0. The summed E-state index contributed by atoms with van der Waals surface area (Å²) in [6, 6.07) is 9.70. The third kappa shape index (κ3) is 3.80. The maximum Gasteiger partial charge on any atom is 0.0445 e. The zero-order chi connectivity index (χ0) is 13.7. The van der Waals surface area contributed by atoms with E-state index in [1.807, 2.05) is 0 Å². The molecule has 0 amide bonds. The van der Waals surface area contributed by atoms with Crippen molar-refractivity contribution < 1.29 is 5.11 Å². The average molecular weight is 261 g/mol. The molecule has 0 spiro atoms. The second-order valence-electron chi connectivity index (χ2n) is 6.03. The Morgan fingerprint density at radius 1 is 1.26 bits per heavy atom. The van der Waals surface area contributed by atoms with Gasteiger partial charge in [0, 0.05) is 18.7 Å². The Morgan fingerprint density at radius 3 is 2.79 bits per heavy atom. The van der Waals surface area contributed by atoms with Crippen LogP contribution in [0.15, 0.2) is 24.3 Å². The molecule has 0 bridgehead atoms. The highest BCUT2D eigenvalue weighted by Gasteiger charge is 2.22. The molecule has 106 valence electrons. The van der Waals surface area contributed by atoms with Crippen LogP contribution in [0.3, 0.4) is 0 Å². The molecule has 1 aliphatic rings. The van der Waals surface area contributed by atoms with Crippen molar-refractivity contribution in [1.82, 2.24) is 5.32 Å². The van der Waals surface area contributed by atoms with Crippen LogP contribution in [-0.4, -0.2) is 17.8 Å². The van der Waals surface area contributed by atoms with Gasteiger partial charge in [-0.05, 0) is 42.7 Å². The highest BCUT2D eigenvalue weighted by atomic mass is 16.3. The molecular weight excluding hydrogens is 234 g/mol. The molecule has 0 saturated carbocycles. The largest absolute Gasteiger partial charge is 0.396 e. The molecule has 0 aliphatic heterocycles. The van der Waals surface area contributed by atoms with E-state index in [1.54, 1.807) is 0 Å². The molecule has 0 radical (unpaired) electrons. The van der Waals surface area contributed by atoms with Crippen LogP contribution < -0.4 is 5.32 Å². The lowest BCUT2D eigenvalue weighted by atomic mass is 9.95. The van der Waals surface area contributed by atoms with Crippen molar-refractivity contribution in [2.24, 2.45) is 5.92 Å². The Bertz CT molecular complexity index is 389. The molecule has 2 rings (SSSR count). The molecule has 2 unspecified atom stereocenters. The van der Waals surface area contributed by atoms with Crippen LogP contribution >= 0.6 is 0 Å². The maximum atomic E-state index is 9.23. The molecule has 2 N–H and O–H groups in total. The number of aliphatic hydroxyl groups excluding tert-OH is 1. The zero-order valence-corrected chi connectivity index (χ0v) is 12.2. The maximum absolute atomic E-state index is 9.23. The summed E-state index contributed by atoms with van der Waals surface area (Å²) in [4.78, 5) is 0. The first-order valence-corrected chi connectivity index (χ1v) is 7.67. The van der Waals surface area contributed by atoms with Gasteiger partial charge < -0.3 is 10.4 Å². The Balaban J connectivity index is 2.14. The molecule has 19 heavy (non-hydrogen) atoms. The van der Waals surface area contributed by atoms with Gasteiger partial charge in [0.1, 0.15) is 0 Å². The predicted molar refractivity (Wildman–Crippen MR) is 80.2 cm³/mol. The van der Waals surface area contributed by atoms with Crippen LogP contribution in [0.4, 0.5) is 0 Å². The molecular formula is C17H27NO. The highest BCUT2D eigenvalue weighted by Crippen LogP contribution is 2.29. The van der Waals surface area contributed by atoms with Crippen molar-refractivity contribution in [2.45, 2.75) is 58.0 Å². The van der Waals surface area contributed by atoms with E-state index < -0.39 is 0 Å². The number of aliphatic hydroxyl groups is 1. The number of hydrogen-bond donors (Lipinski definition) is 2. The van der Waals surface area contributed by atoms with Crippen LogP contribution in [0.25, 0.3) is 0 Å². The summed E-state index contributed by atoms with van der Waals surface area (Å²) in [6.07, 6.45) is 5.85. The van der Waals surface area contributed by atoms with Crippen molar-refractivity contribution >= 4 is 0 Å². The van der Waals surface area contributed by atoms with E-state index in [1.165, 1.54) is 36.8 Å². The van der Waals surface area contributed by atoms with E-state index in [4.69, 9.17) is 0 Å². The van der Waals surface area contributed by atoms with Gasteiger partial charge in [0.2, 0.25) is 0 Å². The van der Waals surface area contributed by atoms with Gasteiger partial charge in [0.15, 0.2) is 0 Å². The quantitative estimate of drug-likeness (QED) is 0.796. The predicted octanol–water partition coefficient (Wildman–Crippen LogP) is 3.45. The molecule has 0 aromatic heterocycles. The van der Waals surface area contributed by atoms with Gasteiger partial charge in [-0.3, -0.25) is 0 Å². The van der Waals surface area contributed by atoms with Gasteiger partial charge in [-0.15, -0.1) is 0 Å². The number of rotatable bonds is 5. The fraction of sp³-hybridized carbons (Fsp3) is 0.647. The first kappa shape index (κ1) is 14.5. The van der Waals surface area contributed by atoms with Crippen LogP contribution in [-0.2, 0) is 6.42 Å². The summed E-state index contributed by atoms with van der Waals surface area (Å²) in [5.74, 6) is 0.558. The molecule has 1 aromatic carbocycles. The monoisotopic (exact) mass is 261 g/mol. The van der Waals surface area contributed by atoms with E-state index in [2.05, 4.69) is 43.4 Å². The van der Waals surface area contributed by atoms with Crippen molar-refractivity contribution in [3.05, 3.63) is 35.4 Å². The second-order valence-corrected chi connectivity index (χ2v) is 6.03. The third-order valence-electron chi connectivity index (χ3n) is 4.28. The van der Waals surface area contributed by atoms with E-state index in [-0.39, 0.29) is 6.61 Å². The average Bonchev–Trinajstić information content (AvgIpc) is 2.61. The number of hydrogen-bond acceptors (Lipinski definition) is 2. The summed E-state index contributed by atoms with van der Waals surface area (Å²) >= 11 is 0. The van der Waals surface area contributed by atoms with Crippen LogP contribution in [0, 0.1) is 5.92 Å². The molecule has 2 nitrogen and oxygen atoms in total. The molecule has 2 atom stereocenters. The second kappa shape index (κ2) is 7.06. The van der Waals surface area contributed by atoms with E-state index in [9.17, 15) is 5.11 Å². The lowest BCUT2D eigenvalue weighted by Gasteiger charge is -2.28. The van der Waals surface area contributed by atoms with Crippen molar-refractivity contribution in [3.8, 4) is 0 Å². The molecule has 1 aliphatic carbocycles. The summed E-state index contributed by atoms with van der Waals surface area (Å²) in [6.45, 7) is 4.73. The van der Waals surface area contributed by atoms with Gasteiger partial charge in [-0.25, -0.2) is 0 Å². The smallest absolute Gasteiger partial charge is 0.0445 e. The van der Waals surface area contributed by atoms with E-state index in [0.717, 1.165) is 6.42 Å². The Labute approximate surface area is 117 Å². The first-order valence-electron chi connectivity index (χ1n) is 7.67. The molecule has 2 heteroatoms. The molecule has 0 heterocycles. The van der Waals surface area contributed by atoms with Gasteiger partial charge in [0.25, 0.3) is 0 Å². The molecule has 1 aromatic rings. The van der Waals surface area contributed by atoms with Crippen molar-refractivity contribution in [3.63, 3.8) is 0 Å². The minimum atomic E-state index is 0.268. The van der Waals surface area contributed by atoms with Crippen LogP contribution in [0.1, 0.15) is 56.7 Å².